The summed E-state index contributed by atoms with van der Waals surface area (Å²) in [6, 6.07) is 9.95. The lowest BCUT2D eigenvalue weighted by Gasteiger charge is -2.17. The minimum atomic E-state index is -1.16. The fourth-order valence-corrected chi connectivity index (χ4v) is 3.63. The van der Waals surface area contributed by atoms with Gasteiger partial charge in [0.15, 0.2) is 0 Å². The highest BCUT2D eigenvalue weighted by molar-refractivity contribution is 9.10. The van der Waals surface area contributed by atoms with Gasteiger partial charge in [-0.2, -0.15) is 5.26 Å². The van der Waals surface area contributed by atoms with Crippen molar-refractivity contribution in [2.45, 2.75) is 39.3 Å². The number of benzene rings is 1. The average molecular weight is 409 g/mol. The summed E-state index contributed by atoms with van der Waals surface area (Å²) >= 11 is 3.45. The SMILES string of the molecule is Cc1ccc(-c2c(C#N)cc(Br)n2COCC[Si](C)(C)C)c(F)c1. The molecule has 0 unspecified atom stereocenters. The molecule has 0 spiro atoms. The molecule has 0 fully saturated rings. The first-order valence-corrected chi connectivity index (χ1v) is 12.4. The fourth-order valence-electron chi connectivity index (χ4n) is 2.37. The number of nitrogens with zero attached hydrogens (tertiary/aromatic N) is 2. The largest absolute Gasteiger partial charge is 0.361 e. The molecule has 128 valence electrons. The van der Waals surface area contributed by atoms with Crippen LogP contribution in [-0.4, -0.2) is 19.2 Å². The van der Waals surface area contributed by atoms with Gasteiger partial charge in [-0.1, -0.05) is 25.7 Å². The fraction of sp³-hybridized carbons (Fsp3) is 0.389. The molecule has 0 saturated carbocycles. The van der Waals surface area contributed by atoms with Gasteiger partial charge in [0, 0.05) is 20.2 Å². The van der Waals surface area contributed by atoms with Crippen molar-refractivity contribution in [3.05, 3.63) is 45.8 Å². The molecule has 3 nitrogen and oxygen atoms in total. The van der Waals surface area contributed by atoms with Crippen molar-refractivity contribution < 1.29 is 9.13 Å². The quantitative estimate of drug-likeness (QED) is 0.464. The van der Waals surface area contributed by atoms with Crippen LogP contribution in [0.5, 0.6) is 0 Å². The van der Waals surface area contributed by atoms with Gasteiger partial charge in [-0.3, -0.25) is 0 Å². The van der Waals surface area contributed by atoms with Gasteiger partial charge in [-0.25, -0.2) is 4.39 Å². The van der Waals surface area contributed by atoms with Crippen LogP contribution in [0.4, 0.5) is 4.39 Å². The maximum atomic E-state index is 14.4. The summed E-state index contributed by atoms with van der Waals surface area (Å²) in [5.74, 6) is -0.333. The van der Waals surface area contributed by atoms with E-state index in [9.17, 15) is 9.65 Å². The second kappa shape index (κ2) is 7.64. The van der Waals surface area contributed by atoms with E-state index in [2.05, 4.69) is 41.6 Å². The molecule has 0 N–H and O–H groups in total. The van der Waals surface area contributed by atoms with Gasteiger partial charge in [0.05, 0.1) is 15.9 Å². The Morgan fingerprint density at radius 3 is 2.58 bits per heavy atom. The normalized spacial score (nSPS) is 11.5. The Morgan fingerprint density at radius 1 is 1.29 bits per heavy atom. The van der Waals surface area contributed by atoms with Crippen LogP contribution in [0.25, 0.3) is 11.3 Å². The molecule has 0 atom stereocenters. The topological polar surface area (TPSA) is 38.0 Å². The zero-order chi connectivity index (χ0) is 17.9. The van der Waals surface area contributed by atoms with Crippen LogP contribution in [0, 0.1) is 24.1 Å². The van der Waals surface area contributed by atoms with Crippen molar-refractivity contribution in [2.75, 3.05) is 6.61 Å². The van der Waals surface area contributed by atoms with Crippen LogP contribution < -0.4 is 0 Å². The van der Waals surface area contributed by atoms with E-state index < -0.39 is 8.07 Å². The highest BCUT2D eigenvalue weighted by atomic mass is 79.9. The number of halogens is 2. The predicted molar refractivity (Wildman–Crippen MR) is 101 cm³/mol. The van der Waals surface area contributed by atoms with Crippen LogP contribution in [-0.2, 0) is 11.5 Å². The van der Waals surface area contributed by atoms with E-state index in [4.69, 9.17) is 4.74 Å². The third-order valence-electron chi connectivity index (χ3n) is 3.76. The Balaban J connectivity index is 2.32. The maximum Gasteiger partial charge on any atom is 0.132 e. The minimum absolute atomic E-state index is 0.287. The van der Waals surface area contributed by atoms with E-state index in [1.807, 2.05) is 13.0 Å². The zero-order valence-corrected chi connectivity index (χ0v) is 17.1. The van der Waals surface area contributed by atoms with Crippen molar-refractivity contribution in [1.82, 2.24) is 4.57 Å². The summed E-state index contributed by atoms with van der Waals surface area (Å²) < 4.78 is 22.7. The first kappa shape index (κ1) is 18.9. The van der Waals surface area contributed by atoms with Gasteiger partial charge < -0.3 is 9.30 Å². The predicted octanol–water partition coefficient (Wildman–Crippen LogP) is 5.55. The van der Waals surface area contributed by atoms with E-state index >= 15 is 0 Å². The molecular weight excluding hydrogens is 387 g/mol. The molecule has 1 aromatic heterocycles. The van der Waals surface area contributed by atoms with Gasteiger partial charge in [0.2, 0.25) is 0 Å². The highest BCUT2D eigenvalue weighted by Crippen LogP contribution is 2.32. The van der Waals surface area contributed by atoms with E-state index in [0.717, 1.165) is 11.6 Å². The van der Waals surface area contributed by atoms with E-state index in [0.29, 0.717) is 28.0 Å². The number of hydrogen-bond acceptors (Lipinski definition) is 2. The third kappa shape index (κ3) is 4.56. The number of rotatable bonds is 6. The molecule has 0 aliphatic rings. The van der Waals surface area contributed by atoms with Crippen LogP contribution in [0.3, 0.4) is 0 Å². The van der Waals surface area contributed by atoms with Crippen molar-refractivity contribution in [3.63, 3.8) is 0 Å². The van der Waals surface area contributed by atoms with Crippen LogP contribution in [0.15, 0.2) is 28.9 Å². The highest BCUT2D eigenvalue weighted by Gasteiger charge is 2.19. The number of hydrogen-bond donors (Lipinski definition) is 0. The first-order chi connectivity index (χ1) is 11.2. The van der Waals surface area contributed by atoms with Gasteiger partial charge in [0.25, 0.3) is 0 Å². The molecule has 0 bridgehead atoms. The molecule has 1 aromatic carbocycles. The number of nitriles is 1. The summed E-state index contributed by atoms with van der Waals surface area (Å²) in [7, 11) is -1.16. The lowest BCUT2D eigenvalue weighted by Crippen LogP contribution is -2.22. The molecule has 6 heteroatoms. The van der Waals surface area contributed by atoms with Crippen molar-refractivity contribution in [2.24, 2.45) is 0 Å². The Morgan fingerprint density at radius 2 is 2.00 bits per heavy atom. The second-order valence-electron chi connectivity index (χ2n) is 7.10. The van der Waals surface area contributed by atoms with E-state index in [1.54, 1.807) is 16.7 Å². The summed E-state index contributed by atoms with van der Waals surface area (Å²) in [5.41, 5.74) is 2.24. The molecule has 0 aliphatic heterocycles. The summed E-state index contributed by atoms with van der Waals surface area (Å²) in [6.07, 6.45) is 0. The number of aromatic nitrogens is 1. The van der Waals surface area contributed by atoms with Crippen molar-refractivity contribution >= 4 is 24.0 Å². The summed E-state index contributed by atoms with van der Waals surface area (Å²) in [6.45, 7) is 9.68. The Kier molecular flexibility index (Phi) is 6.02. The number of aryl methyl sites for hydroxylation is 1. The molecule has 24 heavy (non-hydrogen) atoms. The third-order valence-corrected chi connectivity index (χ3v) is 6.12. The van der Waals surface area contributed by atoms with Crippen LogP contribution in [0.2, 0.25) is 25.7 Å². The van der Waals surface area contributed by atoms with Crippen molar-refractivity contribution in [1.29, 1.82) is 5.26 Å². The summed E-state index contributed by atoms with van der Waals surface area (Å²) in [4.78, 5) is 0. The molecule has 2 rings (SSSR count). The lowest BCUT2D eigenvalue weighted by atomic mass is 10.1. The zero-order valence-electron chi connectivity index (χ0n) is 14.5. The Labute approximate surface area is 152 Å². The Hall–Kier alpha value is -1.42. The molecule has 0 amide bonds. The van der Waals surface area contributed by atoms with E-state index in [-0.39, 0.29) is 12.5 Å². The van der Waals surface area contributed by atoms with Gasteiger partial charge in [-0.05, 0) is 52.7 Å². The van der Waals surface area contributed by atoms with E-state index in [1.165, 1.54) is 6.07 Å². The van der Waals surface area contributed by atoms with Gasteiger partial charge >= 0.3 is 0 Å². The van der Waals surface area contributed by atoms with Gasteiger partial charge in [0.1, 0.15) is 18.6 Å². The number of ether oxygens (including phenoxy) is 1. The standard InChI is InChI=1S/C18H22BrFN2OSi/c1-13-5-6-15(16(20)9-13)18-14(11-21)10-17(19)22(18)12-23-7-8-24(2,3)4/h5-6,9-10H,7-8,12H2,1-4H3. The maximum absolute atomic E-state index is 14.4. The van der Waals surface area contributed by atoms with Gasteiger partial charge in [-0.15, -0.1) is 0 Å². The lowest BCUT2D eigenvalue weighted by molar-refractivity contribution is 0.0871. The summed E-state index contributed by atoms with van der Waals surface area (Å²) in [5, 5.41) is 9.40. The second-order valence-corrected chi connectivity index (χ2v) is 13.5. The Bertz CT molecular complexity index is 775. The molecule has 2 aromatic rings. The van der Waals surface area contributed by atoms with Crippen LogP contribution in [0.1, 0.15) is 11.1 Å². The smallest absolute Gasteiger partial charge is 0.132 e. The molecule has 1 heterocycles. The van der Waals surface area contributed by atoms with Crippen molar-refractivity contribution in [3.8, 4) is 17.3 Å². The monoisotopic (exact) mass is 408 g/mol. The average Bonchev–Trinajstić information content (AvgIpc) is 2.79. The van der Waals surface area contributed by atoms with Crippen LogP contribution >= 0.6 is 15.9 Å². The molecule has 0 saturated heterocycles. The molecule has 0 aliphatic carbocycles. The first-order valence-electron chi connectivity index (χ1n) is 7.86. The molecular formula is C18H22BrFN2OSi. The minimum Gasteiger partial charge on any atom is -0.361 e. The molecule has 0 radical (unpaired) electrons.